The Bertz CT molecular complexity index is 818. The molecule has 0 saturated heterocycles. The quantitative estimate of drug-likeness (QED) is 0.757. The second kappa shape index (κ2) is 5.34. The van der Waals surface area contributed by atoms with Gasteiger partial charge in [0.15, 0.2) is 0 Å². The summed E-state index contributed by atoms with van der Waals surface area (Å²) >= 11 is 0. The van der Waals surface area contributed by atoms with Gasteiger partial charge in [0.05, 0.1) is 11.4 Å². The molecule has 0 unspecified atom stereocenters. The van der Waals surface area contributed by atoms with Crippen LogP contribution in [0.1, 0.15) is 26.3 Å². The molecule has 0 atom stereocenters. The monoisotopic (exact) mass is 292 g/mol. The molecule has 0 radical (unpaired) electrons. The lowest BCUT2D eigenvalue weighted by Crippen LogP contribution is -2.12. The van der Waals surface area contributed by atoms with E-state index >= 15 is 0 Å². The molecule has 3 aromatic rings. The first kappa shape index (κ1) is 14.4. The first-order valence-electron chi connectivity index (χ1n) is 7.43. The van der Waals surface area contributed by atoms with Crippen molar-refractivity contribution in [2.75, 3.05) is 0 Å². The van der Waals surface area contributed by atoms with E-state index in [1.165, 1.54) is 5.56 Å². The molecular weight excluding hydrogens is 272 g/mol. The fourth-order valence-corrected chi connectivity index (χ4v) is 2.46. The van der Waals surface area contributed by atoms with Crippen molar-refractivity contribution in [1.82, 2.24) is 9.78 Å². The van der Waals surface area contributed by atoms with E-state index in [1.807, 2.05) is 30.3 Å². The zero-order valence-corrected chi connectivity index (χ0v) is 13.1. The van der Waals surface area contributed by atoms with Crippen molar-refractivity contribution in [3.8, 4) is 16.9 Å². The van der Waals surface area contributed by atoms with Gasteiger partial charge >= 0.3 is 0 Å². The molecule has 3 nitrogen and oxygen atoms in total. The highest BCUT2D eigenvalue weighted by molar-refractivity contribution is 5.59. The first-order valence-corrected chi connectivity index (χ1v) is 7.43. The largest absolute Gasteiger partial charge is 0.290 e. The van der Waals surface area contributed by atoms with Gasteiger partial charge in [-0.05, 0) is 28.7 Å². The molecule has 0 aliphatic heterocycles. The Morgan fingerprint density at radius 3 is 2.14 bits per heavy atom. The van der Waals surface area contributed by atoms with Crippen molar-refractivity contribution >= 4 is 0 Å². The number of para-hydroxylation sites is 1. The first-order chi connectivity index (χ1) is 10.4. The summed E-state index contributed by atoms with van der Waals surface area (Å²) in [5.74, 6) is 0. The van der Waals surface area contributed by atoms with Gasteiger partial charge in [0.25, 0.3) is 5.56 Å². The van der Waals surface area contributed by atoms with Crippen LogP contribution in [0.2, 0.25) is 0 Å². The maximum atomic E-state index is 12.2. The third-order valence-electron chi connectivity index (χ3n) is 3.80. The van der Waals surface area contributed by atoms with E-state index in [0.29, 0.717) is 0 Å². The molecule has 0 amide bonds. The third kappa shape index (κ3) is 2.75. The van der Waals surface area contributed by atoms with E-state index in [2.05, 4.69) is 50.1 Å². The molecule has 0 fully saturated rings. The van der Waals surface area contributed by atoms with Gasteiger partial charge < -0.3 is 0 Å². The second-order valence-electron chi connectivity index (χ2n) is 6.51. The Kier molecular flexibility index (Phi) is 3.49. The lowest BCUT2D eigenvalue weighted by Gasteiger charge is -2.18. The van der Waals surface area contributed by atoms with Crippen molar-refractivity contribution in [2.24, 2.45) is 0 Å². The Labute approximate surface area is 130 Å². The Balaban J connectivity index is 1.99. The fourth-order valence-electron chi connectivity index (χ4n) is 2.46. The van der Waals surface area contributed by atoms with Crippen LogP contribution in [0.4, 0.5) is 0 Å². The van der Waals surface area contributed by atoms with E-state index in [1.54, 1.807) is 10.7 Å². The highest BCUT2D eigenvalue weighted by Gasteiger charge is 2.13. The summed E-state index contributed by atoms with van der Waals surface area (Å²) in [5.41, 5.74) is 4.03. The van der Waals surface area contributed by atoms with Crippen LogP contribution in [0.5, 0.6) is 0 Å². The summed E-state index contributed by atoms with van der Waals surface area (Å²) in [6, 6.07) is 19.6. The average Bonchev–Trinajstić information content (AvgIpc) is 2.89. The minimum Gasteiger partial charge on any atom is -0.290 e. The van der Waals surface area contributed by atoms with Gasteiger partial charge in [-0.1, -0.05) is 63.2 Å². The molecule has 0 aliphatic carbocycles. The van der Waals surface area contributed by atoms with E-state index in [0.717, 1.165) is 16.9 Å². The zero-order chi connectivity index (χ0) is 15.7. The maximum Gasteiger partial charge on any atom is 0.271 e. The third-order valence-corrected chi connectivity index (χ3v) is 3.80. The van der Waals surface area contributed by atoms with Crippen molar-refractivity contribution < 1.29 is 0 Å². The summed E-state index contributed by atoms with van der Waals surface area (Å²) in [6.45, 7) is 6.57. The van der Waals surface area contributed by atoms with E-state index in [4.69, 9.17) is 0 Å². The summed E-state index contributed by atoms with van der Waals surface area (Å²) in [5, 5.41) is 3.18. The number of benzene rings is 2. The van der Waals surface area contributed by atoms with E-state index in [9.17, 15) is 4.79 Å². The van der Waals surface area contributed by atoms with Gasteiger partial charge in [-0.15, -0.1) is 0 Å². The number of nitrogens with one attached hydrogen (secondary N) is 1. The fraction of sp³-hybridized carbons (Fsp3) is 0.211. The Morgan fingerprint density at radius 1 is 0.909 bits per heavy atom. The normalized spacial score (nSPS) is 11.6. The predicted octanol–water partition coefficient (Wildman–Crippen LogP) is 4.13. The van der Waals surface area contributed by atoms with Gasteiger partial charge in [0, 0.05) is 6.07 Å². The highest BCUT2D eigenvalue weighted by Crippen LogP contribution is 2.25. The lowest BCUT2D eigenvalue weighted by atomic mass is 9.86. The van der Waals surface area contributed by atoms with Crippen LogP contribution < -0.4 is 5.56 Å². The van der Waals surface area contributed by atoms with E-state index < -0.39 is 0 Å². The predicted molar refractivity (Wildman–Crippen MR) is 90.5 cm³/mol. The molecule has 0 spiro atoms. The van der Waals surface area contributed by atoms with Crippen molar-refractivity contribution in [3.05, 3.63) is 76.6 Å². The summed E-state index contributed by atoms with van der Waals surface area (Å²) in [6.07, 6.45) is 0. The lowest BCUT2D eigenvalue weighted by molar-refractivity contribution is 0.590. The van der Waals surface area contributed by atoms with Crippen LogP contribution in [-0.4, -0.2) is 9.78 Å². The topological polar surface area (TPSA) is 37.8 Å². The van der Waals surface area contributed by atoms with Gasteiger partial charge in [0.2, 0.25) is 0 Å². The van der Waals surface area contributed by atoms with Crippen LogP contribution in [-0.2, 0) is 5.41 Å². The zero-order valence-electron chi connectivity index (χ0n) is 13.1. The molecule has 3 rings (SSSR count). The van der Waals surface area contributed by atoms with Crippen molar-refractivity contribution in [3.63, 3.8) is 0 Å². The van der Waals surface area contributed by atoms with Crippen LogP contribution in [0.25, 0.3) is 16.9 Å². The van der Waals surface area contributed by atoms with Gasteiger partial charge in [-0.3, -0.25) is 9.89 Å². The Morgan fingerprint density at radius 2 is 1.55 bits per heavy atom. The smallest absolute Gasteiger partial charge is 0.271 e. The number of H-pyrrole nitrogens is 1. The summed E-state index contributed by atoms with van der Waals surface area (Å²) in [4.78, 5) is 12.2. The van der Waals surface area contributed by atoms with Crippen LogP contribution >= 0.6 is 0 Å². The van der Waals surface area contributed by atoms with Crippen LogP contribution in [0.3, 0.4) is 0 Å². The van der Waals surface area contributed by atoms with Gasteiger partial charge in [-0.25, -0.2) is 4.68 Å². The number of aromatic nitrogens is 2. The minimum absolute atomic E-state index is 0.0545. The number of nitrogens with zero attached hydrogens (tertiary/aromatic N) is 1. The highest BCUT2D eigenvalue weighted by atomic mass is 16.1. The molecule has 2 aromatic carbocycles. The van der Waals surface area contributed by atoms with E-state index in [-0.39, 0.29) is 11.0 Å². The molecule has 112 valence electrons. The SMILES string of the molecule is CC(C)(C)c1ccc(-c2cc(=O)n(-c3ccccc3)[nH]2)cc1. The van der Waals surface area contributed by atoms with Gasteiger partial charge in [0.1, 0.15) is 0 Å². The molecule has 0 bridgehead atoms. The maximum absolute atomic E-state index is 12.2. The number of hydrogen-bond acceptors (Lipinski definition) is 1. The molecule has 3 heteroatoms. The van der Waals surface area contributed by atoms with Crippen molar-refractivity contribution in [2.45, 2.75) is 26.2 Å². The number of rotatable bonds is 2. The molecule has 1 aromatic heterocycles. The molecule has 0 aliphatic rings. The molecule has 1 heterocycles. The standard InChI is InChI=1S/C19H20N2O/c1-19(2,3)15-11-9-14(10-12-15)17-13-18(22)21(20-17)16-7-5-4-6-8-16/h4-13,20H,1-3H3. The number of hydrogen-bond donors (Lipinski definition) is 1. The number of aromatic amines is 1. The molecule has 0 saturated carbocycles. The molecule has 22 heavy (non-hydrogen) atoms. The van der Waals surface area contributed by atoms with Crippen LogP contribution in [0, 0.1) is 0 Å². The van der Waals surface area contributed by atoms with Gasteiger partial charge in [-0.2, -0.15) is 0 Å². The van der Waals surface area contributed by atoms with Crippen molar-refractivity contribution in [1.29, 1.82) is 0 Å². The molecule has 1 N–H and O–H groups in total. The minimum atomic E-state index is -0.0545. The summed E-state index contributed by atoms with van der Waals surface area (Å²) < 4.78 is 1.56. The second-order valence-corrected chi connectivity index (χ2v) is 6.51. The Hall–Kier alpha value is -2.55. The van der Waals surface area contributed by atoms with Crippen LogP contribution in [0.15, 0.2) is 65.5 Å². The summed E-state index contributed by atoms with van der Waals surface area (Å²) in [7, 11) is 0. The molecular formula is C19H20N2O. The average molecular weight is 292 g/mol.